The number of aromatic nitrogens is 2. The smallest absolute Gasteiger partial charge is 0.219 e. The van der Waals surface area contributed by atoms with E-state index in [4.69, 9.17) is 4.42 Å². The summed E-state index contributed by atoms with van der Waals surface area (Å²) < 4.78 is 5.82. The fraction of sp³-hybridized carbons (Fsp3) is 0.875. The number of nitrogens with one attached hydrogen (secondary N) is 1. The minimum atomic E-state index is 0.508. The van der Waals surface area contributed by atoms with E-state index in [2.05, 4.69) is 29.4 Å². The lowest BCUT2D eigenvalue weighted by Crippen LogP contribution is -2.16. The van der Waals surface area contributed by atoms with Crippen LogP contribution in [0.3, 0.4) is 0 Å². The van der Waals surface area contributed by atoms with Crippen molar-refractivity contribution in [3.05, 3.63) is 11.8 Å². The predicted molar refractivity (Wildman–Crippen MR) is 80.8 cm³/mol. The number of hydrogen-bond acceptors (Lipinski definition) is 4. The average Bonchev–Trinajstić information content (AvgIpc) is 2.95. The Hall–Kier alpha value is -0.900. The predicted octanol–water partition coefficient (Wildman–Crippen LogP) is 3.69. The maximum atomic E-state index is 5.82. The van der Waals surface area contributed by atoms with Gasteiger partial charge in [0.25, 0.3) is 0 Å². The first-order valence-electron chi connectivity index (χ1n) is 8.36. The highest BCUT2D eigenvalue weighted by Gasteiger charge is 2.25. The molecule has 4 heteroatoms. The maximum Gasteiger partial charge on any atom is 0.219 e. The summed E-state index contributed by atoms with van der Waals surface area (Å²) in [7, 11) is 0. The standard InChI is InChI=1S/C16H29N3O/c1-3-5-6-13-7-9-14(10-8-13)16-19-18-15(20-16)11-12-17-4-2/h13-14,17H,3-12H2,1-2H3. The molecule has 1 aliphatic carbocycles. The van der Waals surface area contributed by atoms with Crippen molar-refractivity contribution >= 4 is 0 Å². The van der Waals surface area contributed by atoms with E-state index in [1.807, 2.05) is 0 Å². The van der Waals surface area contributed by atoms with E-state index in [-0.39, 0.29) is 0 Å². The minimum Gasteiger partial charge on any atom is -0.425 e. The Morgan fingerprint density at radius 3 is 2.65 bits per heavy atom. The van der Waals surface area contributed by atoms with Gasteiger partial charge in [0, 0.05) is 18.9 Å². The van der Waals surface area contributed by atoms with Crippen LogP contribution in [0.25, 0.3) is 0 Å². The fourth-order valence-corrected chi connectivity index (χ4v) is 3.10. The summed E-state index contributed by atoms with van der Waals surface area (Å²) >= 11 is 0. The number of nitrogens with zero attached hydrogens (tertiary/aromatic N) is 2. The largest absolute Gasteiger partial charge is 0.425 e. The highest BCUT2D eigenvalue weighted by atomic mass is 16.4. The zero-order chi connectivity index (χ0) is 14.2. The molecule has 0 aliphatic heterocycles. The van der Waals surface area contributed by atoms with Crippen LogP contribution in [0.2, 0.25) is 0 Å². The Bertz CT molecular complexity index is 370. The van der Waals surface area contributed by atoms with Gasteiger partial charge in [0.1, 0.15) is 0 Å². The van der Waals surface area contributed by atoms with Gasteiger partial charge in [-0.1, -0.05) is 33.1 Å². The van der Waals surface area contributed by atoms with Crippen molar-refractivity contribution in [2.45, 2.75) is 71.1 Å². The summed E-state index contributed by atoms with van der Waals surface area (Å²) in [4.78, 5) is 0. The van der Waals surface area contributed by atoms with E-state index in [0.29, 0.717) is 5.92 Å². The normalized spacial score (nSPS) is 23.1. The molecule has 0 atom stereocenters. The average molecular weight is 279 g/mol. The van der Waals surface area contributed by atoms with Gasteiger partial charge in [-0.3, -0.25) is 0 Å². The molecule has 0 amide bonds. The lowest BCUT2D eigenvalue weighted by atomic mass is 9.80. The van der Waals surface area contributed by atoms with E-state index in [1.165, 1.54) is 44.9 Å². The lowest BCUT2D eigenvalue weighted by molar-refractivity contribution is 0.274. The van der Waals surface area contributed by atoms with Crippen LogP contribution in [0.15, 0.2) is 4.42 Å². The van der Waals surface area contributed by atoms with Crippen LogP contribution in [-0.4, -0.2) is 23.3 Å². The molecule has 0 spiro atoms. The fourth-order valence-electron chi connectivity index (χ4n) is 3.10. The first kappa shape index (κ1) is 15.5. The summed E-state index contributed by atoms with van der Waals surface area (Å²) in [6, 6.07) is 0. The first-order chi connectivity index (χ1) is 9.83. The summed E-state index contributed by atoms with van der Waals surface area (Å²) in [5.74, 6) is 3.11. The number of hydrogen-bond donors (Lipinski definition) is 1. The quantitative estimate of drug-likeness (QED) is 0.737. The SMILES string of the molecule is CCCCC1CCC(c2nnc(CCNCC)o2)CC1. The molecule has 20 heavy (non-hydrogen) atoms. The zero-order valence-corrected chi connectivity index (χ0v) is 13.0. The van der Waals surface area contributed by atoms with Crippen molar-refractivity contribution < 1.29 is 4.42 Å². The highest BCUT2D eigenvalue weighted by Crippen LogP contribution is 2.37. The van der Waals surface area contributed by atoms with Gasteiger partial charge in [0.15, 0.2) is 0 Å². The molecule has 0 bridgehead atoms. The Kier molecular flexibility index (Phi) is 6.51. The van der Waals surface area contributed by atoms with E-state index in [0.717, 1.165) is 37.2 Å². The van der Waals surface area contributed by atoms with Crippen molar-refractivity contribution in [3.8, 4) is 0 Å². The molecule has 4 nitrogen and oxygen atoms in total. The van der Waals surface area contributed by atoms with E-state index in [9.17, 15) is 0 Å². The molecular weight excluding hydrogens is 250 g/mol. The third kappa shape index (κ3) is 4.58. The van der Waals surface area contributed by atoms with Gasteiger partial charge in [-0.05, 0) is 38.1 Å². The summed E-state index contributed by atoms with van der Waals surface area (Å²) in [6.07, 6.45) is 10.1. The molecule has 0 saturated heterocycles. The minimum absolute atomic E-state index is 0.508. The molecule has 1 aromatic heterocycles. The van der Waals surface area contributed by atoms with Crippen LogP contribution in [0.5, 0.6) is 0 Å². The second-order valence-corrected chi connectivity index (χ2v) is 6.00. The summed E-state index contributed by atoms with van der Waals surface area (Å²) in [5, 5.41) is 11.7. The van der Waals surface area contributed by atoms with Gasteiger partial charge in [0.2, 0.25) is 11.8 Å². The Morgan fingerprint density at radius 2 is 1.95 bits per heavy atom. The molecule has 1 saturated carbocycles. The van der Waals surface area contributed by atoms with Gasteiger partial charge >= 0.3 is 0 Å². The summed E-state index contributed by atoms with van der Waals surface area (Å²) in [6.45, 7) is 6.29. The second-order valence-electron chi connectivity index (χ2n) is 6.00. The van der Waals surface area contributed by atoms with Crippen molar-refractivity contribution in [2.75, 3.05) is 13.1 Å². The van der Waals surface area contributed by atoms with Gasteiger partial charge in [-0.15, -0.1) is 10.2 Å². The Balaban J connectivity index is 1.75. The Morgan fingerprint density at radius 1 is 1.15 bits per heavy atom. The number of rotatable bonds is 8. The van der Waals surface area contributed by atoms with Crippen LogP contribution >= 0.6 is 0 Å². The topological polar surface area (TPSA) is 51.0 Å². The van der Waals surface area contributed by atoms with Crippen LogP contribution < -0.4 is 5.32 Å². The third-order valence-corrected chi connectivity index (χ3v) is 4.41. The van der Waals surface area contributed by atoms with Crippen LogP contribution in [0.4, 0.5) is 0 Å². The zero-order valence-electron chi connectivity index (χ0n) is 13.0. The van der Waals surface area contributed by atoms with Crippen molar-refractivity contribution in [1.29, 1.82) is 0 Å². The van der Waals surface area contributed by atoms with Crippen molar-refractivity contribution in [3.63, 3.8) is 0 Å². The van der Waals surface area contributed by atoms with Crippen molar-refractivity contribution in [1.82, 2.24) is 15.5 Å². The summed E-state index contributed by atoms with van der Waals surface area (Å²) in [5.41, 5.74) is 0. The molecule has 0 aromatic carbocycles. The second kappa shape index (κ2) is 8.40. The maximum absolute atomic E-state index is 5.82. The third-order valence-electron chi connectivity index (χ3n) is 4.41. The van der Waals surface area contributed by atoms with Gasteiger partial charge in [-0.2, -0.15) is 0 Å². The highest BCUT2D eigenvalue weighted by molar-refractivity contribution is 4.94. The van der Waals surface area contributed by atoms with Crippen LogP contribution in [0, 0.1) is 5.92 Å². The molecule has 2 rings (SSSR count). The molecule has 1 heterocycles. The molecule has 0 radical (unpaired) electrons. The van der Waals surface area contributed by atoms with Gasteiger partial charge < -0.3 is 9.73 Å². The molecule has 1 aliphatic rings. The lowest BCUT2D eigenvalue weighted by Gasteiger charge is -2.26. The van der Waals surface area contributed by atoms with Crippen molar-refractivity contribution in [2.24, 2.45) is 5.92 Å². The van der Waals surface area contributed by atoms with Gasteiger partial charge in [-0.25, -0.2) is 0 Å². The van der Waals surface area contributed by atoms with Crippen LogP contribution in [0.1, 0.15) is 76.5 Å². The molecule has 1 aromatic rings. The molecule has 1 fully saturated rings. The van der Waals surface area contributed by atoms with E-state index >= 15 is 0 Å². The first-order valence-corrected chi connectivity index (χ1v) is 8.36. The monoisotopic (exact) mass is 279 g/mol. The van der Waals surface area contributed by atoms with Crippen LogP contribution in [-0.2, 0) is 6.42 Å². The van der Waals surface area contributed by atoms with E-state index < -0.39 is 0 Å². The molecule has 0 unspecified atom stereocenters. The molecule has 1 N–H and O–H groups in total. The number of likely N-dealkylation sites (N-methyl/N-ethyl adjacent to an activating group) is 1. The van der Waals surface area contributed by atoms with E-state index in [1.54, 1.807) is 0 Å². The Labute approximate surface area is 122 Å². The number of unbranched alkanes of at least 4 members (excludes halogenated alkanes) is 1. The van der Waals surface area contributed by atoms with Gasteiger partial charge in [0.05, 0.1) is 0 Å². The molecule has 114 valence electrons. The molecular formula is C16H29N3O.